The van der Waals surface area contributed by atoms with Crippen LogP contribution in [0.2, 0.25) is 0 Å². The number of pyridine rings is 2. The zero-order valence-corrected chi connectivity index (χ0v) is 16.5. The van der Waals surface area contributed by atoms with E-state index in [9.17, 15) is 9.18 Å². The summed E-state index contributed by atoms with van der Waals surface area (Å²) in [5, 5.41) is 3.47. The summed E-state index contributed by atoms with van der Waals surface area (Å²) < 4.78 is 13.0. The van der Waals surface area contributed by atoms with Gasteiger partial charge >= 0.3 is 0 Å². The average Bonchev–Trinajstić information content (AvgIpc) is 2.67. The van der Waals surface area contributed by atoms with Crippen LogP contribution in [0.4, 0.5) is 10.2 Å². The van der Waals surface area contributed by atoms with E-state index in [1.807, 2.05) is 31.1 Å². The van der Waals surface area contributed by atoms with Crippen LogP contribution in [-0.4, -0.2) is 34.9 Å². The summed E-state index contributed by atoms with van der Waals surface area (Å²) >= 11 is 1.43. The molecule has 0 atom stereocenters. The molecule has 0 saturated carbocycles. The molecule has 0 spiro atoms. The van der Waals surface area contributed by atoms with Gasteiger partial charge in [-0.2, -0.15) is 0 Å². The molecular weight excluding hydrogens is 375 g/mol. The number of rotatable bonds is 7. The number of aromatic nitrogens is 2. The van der Waals surface area contributed by atoms with Crippen molar-refractivity contribution < 1.29 is 9.18 Å². The normalized spacial score (nSPS) is 10.9. The number of halogens is 1. The van der Waals surface area contributed by atoms with Crippen LogP contribution >= 0.6 is 11.8 Å². The van der Waals surface area contributed by atoms with E-state index in [0.717, 1.165) is 17.7 Å². The first-order chi connectivity index (χ1) is 13.5. The highest BCUT2D eigenvalue weighted by atomic mass is 32.2. The fourth-order valence-electron chi connectivity index (χ4n) is 2.60. The predicted octanol–water partition coefficient (Wildman–Crippen LogP) is 4.22. The van der Waals surface area contributed by atoms with Crippen molar-refractivity contribution in [1.29, 1.82) is 0 Å². The van der Waals surface area contributed by atoms with Crippen LogP contribution < -0.4 is 5.32 Å². The zero-order valence-electron chi connectivity index (χ0n) is 15.7. The molecule has 0 aliphatic heterocycles. The maximum atomic E-state index is 13.0. The Hall–Kier alpha value is -2.77. The van der Waals surface area contributed by atoms with Gasteiger partial charge < -0.3 is 10.2 Å². The number of hydrogen-bond donors (Lipinski definition) is 1. The smallest absolute Gasteiger partial charge is 0.259 e. The van der Waals surface area contributed by atoms with Crippen LogP contribution in [0.15, 0.2) is 66.0 Å². The van der Waals surface area contributed by atoms with Crippen LogP contribution in [0.3, 0.4) is 0 Å². The maximum Gasteiger partial charge on any atom is 0.259 e. The van der Waals surface area contributed by atoms with E-state index in [1.165, 1.54) is 23.9 Å². The van der Waals surface area contributed by atoms with E-state index in [1.54, 1.807) is 36.7 Å². The van der Waals surface area contributed by atoms with E-state index in [4.69, 9.17) is 0 Å². The Morgan fingerprint density at radius 2 is 1.86 bits per heavy atom. The molecule has 0 aliphatic rings. The molecule has 1 N–H and O–H groups in total. The molecule has 5 nitrogen and oxygen atoms in total. The summed E-state index contributed by atoms with van der Waals surface area (Å²) in [7, 11) is 3.97. The number of nitrogens with zero attached hydrogens (tertiary/aromatic N) is 3. The minimum Gasteiger partial charge on any atom is -0.306 e. The van der Waals surface area contributed by atoms with Crippen LogP contribution in [-0.2, 0) is 12.3 Å². The molecule has 1 aromatic carbocycles. The van der Waals surface area contributed by atoms with Crippen molar-refractivity contribution in [2.45, 2.75) is 17.3 Å². The standard InChI is InChI=1S/C21H21FN4OS/c1-26(2)13-16-9-11-23-19(12-16)25-20(27)18-4-3-10-24-21(18)28-14-15-5-7-17(22)8-6-15/h3-12H,13-14H2,1-2H3,(H,23,25,27). The Morgan fingerprint density at radius 1 is 1.07 bits per heavy atom. The van der Waals surface area contributed by atoms with Crippen LogP contribution in [0, 0.1) is 5.82 Å². The number of hydrogen-bond acceptors (Lipinski definition) is 5. The molecule has 0 radical (unpaired) electrons. The third kappa shape index (κ3) is 5.61. The molecule has 2 heterocycles. The average molecular weight is 396 g/mol. The number of benzene rings is 1. The minimum atomic E-state index is -0.268. The second-order valence-electron chi connectivity index (χ2n) is 6.51. The predicted molar refractivity (Wildman–Crippen MR) is 110 cm³/mol. The van der Waals surface area contributed by atoms with E-state index in [-0.39, 0.29) is 11.7 Å². The molecule has 144 valence electrons. The molecule has 1 amide bonds. The number of anilines is 1. The van der Waals surface area contributed by atoms with Crippen molar-refractivity contribution in [2.75, 3.05) is 19.4 Å². The first-order valence-electron chi connectivity index (χ1n) is 8.74. The lowest BCUT2D eigenvalue weighted by Crippen LogP contribution is -2.15. The largest absolute Gasteiger partial charge is 0.306 e. The second kappa shape index (κ2) is 9.43. The van der Waals surface area contributed by atoms with E-state index in [2.05, 4.69) is 15.3 Å². The van der Waals surface area contributed by atoms with E-state index in [0.29, 0.717) is 22.2 Å². The van der Waals surface area contributed by atoms with Crippen molar-refractivity contribution in [3.05, 3.63) is 83.4 Å². The fourth-order valence-corrected chi connectivity index (χ4v) is 3.55. The van der Waals surface area contributed by atoms with Gasteiger partial charge in [-0.05, 0) is 61.6 Å². The molecule has 2 aromatic heterocycles. The maximum absolute atomic E-state index is 13.0. The van der Waals surface area contributed by atoms with Gasteiger partial charge in [0.1, 0.15) is 16.7 Å². The summed E-state index contributed by atoms with van der Waals surface area (Å²) in [6, 6.07) is 13.5. The van der Waals surface area contributed by atoms with E-state index >= 15 is 0 Å². The first kappa shape index (κ1) is 20.0. The van der Waals surface area contributed by atoms with Gasteiger partial charge in [0.25, 0.3) is 5.91 Å². The Kier molecular flexibility index (Phi) is 6.73. The Balaban J connectivity index is 1.71. The molecule has 28 heavy (non-hydrogen) atoms. The van der Waals surface area contributed by atoms with Crippen LogP contribution in [0.5, 0.6) is 0 Å². The quantitative estimate of drug-likeness (QED) is 0.606. The summed E-state index contributed by atoms with van der Waals surface area (Å²) in [6.07, 6.45) is 3.33. The van der Waals surface area contributed by atoms with Crippen LogP contribution in [0.1, 0.15) is 21.5 Å². The molecular formula is C21H21FN4OS. The molecule has 0 fully saturated rings. The molecule has 7 heteroatoms. The second-order valence-corrected chi connectivity index (χ2v) is 7.48. The van der Waals surface area contributed by atoms with Gasteiger partial charge in [-0.25, -0.2) is 14.4 Å². The lowest BCUT2D eigenvalue weighted by molar-refractivity contribution is 0.102. The number of carbonyl (C=O) groups is 1. The third-order valence-electron chi connectivity index (χ3n) is 3.87. The SMILES string of the molecule is CN(C)Cc1ccnc(NC(=O)c2cccnc2SCc2ccc(F)cc2)c1. The van der Waals surface area contributed by atoms with E-state index < -0.39 is 0 Å². The summed E-state index contributed by atoms with van der Waals surface area (Å²) in [4.78, 5) is 23.4. The van der Waals surface area contributed by atoms with Gasteiger partial charge in [-0.15, -0.1) is 11.8 Å². The lowest BCUT2D eigenvalue weighted by atomic mass is 10.2. The monoisotopic (exact) mass is 396 g/mol. The minimum absolute atomic E-state index is 0.260. The third-order valence-corrected chi connectivity index (χ3v) is 4.95. The fraction of sp³-hybridized carbons (Fsp3) is 0.190. The molecule has 3 rings (SSSR count). The Bertz CT molecular complexity index is 947. The number of carbonyl (C=O) groups excluding carboxylic acids is 1. The number of amides is 1. The molecule has 0 bridgehead atoms. The van der Waals surface area contributed by atoms with Crippen molar-refractivity contribution in [3.63, 3.8) is 0 Å². The van der Waals surface area contributed by atoms with Gasteiger partial charge in [0, 0.05) is 24.7 Å². The number of thioether (sulfide) groups is 1. The molecule has 0 unspecified atom stereocenters. The van der Waals surface area contributed by atoms with Gasteiger partial charge in [0.2, 0.25) is 0 Å². The highest BCUT2D eigenvalue weighted by molar-refractivity contribution is 7.98. The van der Waals surface area contributed by atoms with Gasteiger partial charge in [0.15, 0.2) is 0 Å². The van der Waals surface area contributed by atoms with Crippen molar-refractivity contribution in [3.8, 4) is 0 Å². The summed E-state index contributed by atoms with van der Waals surface area (Å²) in [5.74, 6) is 0.566. The van der Waals surface area contributed by atoms with Crippen molar-refractivity contribution in [2.24, 2.45) is 0 Å². The van der Waals surface area contributed by atoms with Gasteiger partial charge in [-0.3, -0.25) is 4.79 Å². The highest BCUT2D eigenvalue weighted by Crippen LogP contribution is 2.25. The molecule has 0 aliphatic carbocycles. The molecule has 3 aromatic rings. The first-order valence-corrected chi connectivity index (χ1v) is 9.73. The van der Waals surface area contributed by atoms with Gasteiger partial charge in [0.05, 0.1) is 5.56 Å². The Labute approximate surface area is 168 Å². The summed E-state index contributed by atoms with van der Waals surface area (Å²) in [6.45, 7) is 0.761. The highest BCUT2D eigenvalue weighted by Gasteiger charge is 2.14. The van der Waals surface area contributed by atoms with Crippen molar-refractivity contribution >= 4 is 23.5 Å². The van der Waals surface area contributed by atoms with Crippen LogP contribution in [0.25, 0.3) is 0 Å². The van der Waals surface area contributed by atoms with Gasteiger partial charge in [-0.1, -0.05) is 12.1 Å². The Morgan fingerprint density at radius 3 is 2.61 bits per heavy atom. The summed E-state index contributed by atoms with van der Waals surface area (Å²) in [5.41, 5.74) is 2.50. The zero-order chi connectivity index (χ0) is 19.9. The lowest BCUT2D eigenvalue weighted by Gasteiger charge is -2.12. The van der Waals surface area contributed by atoms with Crippen molar-refractivity contribution in [1.82, 2.24) is 14.9 Å². The number of nitrogens with one attached hydrogen (secondary N) is 1. The molecule has 0 saturated heterocycles. The topological polar surface area (TPSA) is 58.1 Å².